The summed E-state index contributed by atoms with van der Waals surface area (Å²) in [5.74, 6) is 0.464. The maximum Gasteiger partial charge on any atom is 0.255 e. The predicted octanol–water partition coefficient (Wildman–Crippen LogP) is 4.54. The lowest BCUT2D eigenvalue weighted by molar-refractivity contribution is 0.102. The molecule has 2 heterocycles. The highest BCUT2D eigenvalue weighted by Gasteiger charge is 2.08. The number of anilines is 1. The summed E-state index contributed by atoms with van der Waals surface area (Å²) in [5, 5.41) is 11.6. The molecule has 0 unspecified atom stereocenters. The van der Waals surface area contributed by atoms with Crippen LogP contribution in [-0.4, -0.2) is 15.3 Å². The third kappa shape index (κ3) is 4.31. The molecule has 0 aliphatic carbocycles. The van der Waals surface area contributed by atoms with Crippen molar-refractivity contribution in [1.29, 1.82) is 5.26 Å². The topological polar surface area (TPSA) is 79.4 Å². The zero-order valence-electron chi connectivity index (χ0n) is 16.5. The molecular weight excluding hydrogens is 376 g/mol. The average molecular weight is 396 g/mol. The lowest BCUT2D eigenvalue weighted by Gasteiger charge is -2.08. The Morgan fingerprint density at radius 3 is 2.60 bits per heavy atom. The molecule has 1 N–H and O–H groups in total. The fraction of sp³-hybridized carbons (Fsp3) is 0.125. The SMILES string of the molecule is Cc1cccn2cc(COc3ccc(C(=O)Nc4ccc(CC#N)cc4)cc3)nc12. The van der Waals surface area contributed by atoms with Gasteiger partial charge in [0.2, 0.25) is 0 Å². The fourth-order valence-corrected chi connectivity index (χ4v) is 3.13. The molecule has 0 saturated heterocycles. The Morgan fingerprint density at radius 2 is 1.90 bits per heavy atom. The van der Waals surface area contributed by atoms with E-state index in [4.69, 9.17) is 10.00 Å². The molecule has 2 aromatic carbocycles. The lowest BCUT2D eigenvalue weighted by Crippen LogP contribution is -2.11. The summed E-state index contributed by atoms with van der Waals surface area (Å²) in [6, 6.07) is 20.3. The Hall–Kier alpha value is -4.11. The summed E-state index contributed by atoms with van der Waals surface area (Å²) >= 11 is 0. The van der Waals surface area contributed by atoms with Crippen molar-refractivity contribution in [2.24, 2.45) is 0 Å². The number of rotatable bonds is 6. The quantitative estimate of drug-likeness (QED) is 0.519. The number of carbonyl (C=O) groups excluding carboxylic acids is 1. The Kier molecular flexibility index (Phi) is 5.44. The number of aromatic nitrogens is 2. The normalized spacial score (nSPS) is 10.5. The van der Waals surface area contributed by atoms with Crippen LogP contribution in [0.15, 0.2) is 73.1 Å². The van der Waals surface area contributed by atoms with E-state index < -0.39 is 0 Å². The summed E-state index contributed by atoms with van der Waals surface area (Å²) in [5.41, 5.74) is 5.00. The first-order valence-electron chi connectivity index (χ1n) is 9.56. The van der Waals surface area contributed by atoms with Gasteiger partial charge in [-0.3, -0.25) is 4.79 Å². The number of amides is 1. The van der Waals surface area contributed by atoms with E-state index >= 15 is 0 Å². The van der Waals surface area contributed by atoms with Crippen LogP contribution in [0.4, 0.5) is 5.69 Å². The third-order valence-corrected chi connectivity index (χ3v) is 4.73. The molecule has 30 heavy (non-hydrogen) atoms. The van der Waals surface area contributed by atoms with Crippen molar-refractivity contribution in [3.05, 3.63) is 95.4 Å². The first kappa shape index (κ1) is 19.2. The zero-order valence-corrected chi connectivity index (χ0v) is 16.5. The predicted molar refractivity (Wildman–Crippen MR) is 114 cm³/mol. The van der Waals surface area contributed by atoms with Crippen LogP contribution in [0.3, 0.4) is 0 Å². The first-order chi connectivity index (χ1) is 14.6. The van der Waals surface area contributed by atoms with Crippen molar-refractivity contribution in [1.82, 2.24) is 9.38 Å². The zero-order chi connectivity index (χ0) is 20.9. The molecule has 4 aromatic rings. The highest BCUT2D eigenvalue weighted by atomic mass is 16.5. The minimum Gasteiger partial charge on any atom is -0.487 e. The molecule has 1 amide bonds. The molecule has 0 aliphatic heterocycles. The fourth-order valence-electron chi connectivity index (χ4n) is 3.13. The van der Waals surface area contributed by atoms with E-state index in [0.29, 0.717) is 30.0 Å². The Bertz CT molecular complexity index is 1220. The summed E-state index contributed by atoms with van der Waals surface area (Å²) in [6.07, 6.45) is 4.26. The lowest BCUT2D eigenvalue weighted by atomic mass is 10.1. The molecule has 0 fully saturated rings. The molecular formula is C24H20N4O2. The molecule has 0 atom stereocenters. The number of nitrogens with one attached hydrogen (secondary N) is 1. The molecule has 4 rings (SSSR count). The molecule has 0 saturated carbocycles. The van der Waals surface area contributed by atoms with Crippen LogP contribution in [0.2, 0.25) is 0 Å². The van der Waals surface area contributed by atoms with Crippen LogP contribution in [-0.2, 0) is 13.0 Å². The van der Waals surface area contributed by atoms with Crippen molar-refractivity contribution < 1.29 is 9.53 Å². The number of benzene rings is 2. The molecule has 6 nitrogen and oxygen atoms in total. The van der Waals surface area contributed by atoms with Gasteiger partial charge < -0.3 is 14.5 Å². The van der Waals surface area contributed by atoms with Gasteiger partial charge in [0.1, 0.15) is 18.0 Å². The molecule has 0 spiro atoms. The van der Waals surface area contributed by atoms with E-state index in [9.17, 15) is 4.79 Å². The first-order valence-corrected chi connectivity index (χ1v) is 9.56. The molecule has 6 heteroatoms. The van der Waals surface area contributed by atoms with Crippen molar-refractivity contribution in [3.63, 3.8) is 0 Å². The monoisotopic (exact) mass is 396 g/mol. The number of aryl methyl sites for hydroxylation is 1. The summed E-state index contributed by atoms with van der Waals surface area (Å²) in [7, 11) is 0. The second-order valence-corrected chi connectivity index (χ2v) is 6.95. The van der Waals surface area contributed by atoms with Gasteiger partial charge in [0.05, 0.1) is 18.2 Å². The van der Waals surface area contributed by atoms with Crippen LogP contribution in [0, 0.1) is 18.3 Å². The maximum absolute atomic E-state index is 12.4. The number of ether oxygens (including phenoxy) is 1. The molecule has 0 bridgehead atoms. The number of carbonyl (C=O) groups is 1. The number of nitriles is 1. The van der Waals surface area contributed by atoms with Crippen LogP contribution >= 0.6 is 0 Å². The van der Waals surface area contributed by atoms with E-state index in [1.807, 2.05) is 48.0 Å². The van der Waals surface area contributed by atoms with Gasteiger partial charge in [-0.1, -0.05) is 18.2 Å². The second-order valence-electron chi connectivity index (χ2n) is 6.95. The highest BCUT2D eigenvalue weighted by Crippen LogP contribution is 2.17. The van der Waals surface area contributed by atoms with Gasteiger partial charge in [0.15, 0.2) is 0 Å². The van der Waals surface area contributed by atoms with Crippen molar-refractivity contribution in [2.75, 3.05) is 5.32 Å². The van der Waals surface area contributed by atoms with Crippen molar-refractivity contribution in [3.8, 4) is 11.8 Å². The molecule has 0 radical (unpaired) electrons. The van der Waals surface area contributed by atoms with Crippen LogP contribution < -0.4 is 10.1 Å². The van der Waals surface area contributed by atoms with Gasteiger partial charge >= 0.3 is 0 Å². The van der Waals surface area contributed by atoms with Gasteiger partial charge in [-0.15, -0.1) is 0 Å². The summed E-state index contributed by atoms with van der Waals surface area (Å²) < 4.78 is 7.80. The Balaban J connectivity index is 1.36. The largest absolute Gasteiger partial charge is 0.487 e. The van der Waals surface area contributed by atoms with Gasteiger partial charge in [0, 0.05) is 23.6 Å². The van der Waals surface area contributed by atoms with Crippen molar-refractivity contribution >= 4 is 17.2 Å². The smallest absolute Gasteiger partial charge is 0.255 e. The number of nitrogens with zero attached hydrogens (tertiary/aromatic N) is 3. The maximum atomic E-state index is 12.4. The van der Waals surface area contributed by atoms with E-state index in [1.54, 1.807) is 36.4 Å². The Labute approximate surface area is 174 Å². The standard InChI is InChI=1S/C24H20N4O2/c1-17-3-2-14-28-15-21(26-23(17)28)16-30-22-10-6-19(7-11-22)24(29)27-20-8-4-18(5-9-20)12-13-25/h2-11,14-15H,12,16H2,1H3,(H,27,29). The van der Waals surface area contributed by atoms with Crippen LogP contribution in [0.1, 0.15) is 27.2 Å². The van der Waals surface area contributed by atoms with Gasteiger partial charge in [-0.25, -0.2) is 4.98 Å². The van der Waals surface area contributed by atoms with E-state index in [1.165, 1.54) is 0 Å². The van der Waals surface area contributed by atoms with E-state index in [-0.39, 0.29) is 5.91 Å². The molecule has 148 valence electrons. The van der Waals surface area contributed by atoms with Crippen LogP contribution in [0.5, 0.6) is 5.75 Å². The van der Waals surface area contributed by atoms with Crippen molar-refractivity contribution in [2.45, 2.75) is 20.0 Å². The summed E-state index contributed by atoms with van der Waals surface area (Å²) in [4.78, 5) is 17.0. The number of hydrogen-bond acceptors (Lipinski definition) is 4. The summed E-state index contributed by atoms with van der Waals surface area (Å²) in [6.45, 7) is 2.37. The highest BCUT2D eigenvalue weighted by molar-refractivity contribution is 6.04. The van der Waals surface area contributed by atoms with Gasteiger partial charge in [-0.05, 0) is 60.5 Å². The number of fused-ring (bicyclic) bond motifs is 1. The average Bonchev–Trinajstić information content (AvgIpc) is 3.19. The number of imidazole rings is 1. The third-order valence-electron chi connectivity index (χ3n) is 4.73. The molecule has 2 aromatic heterocycles. The Morgan fingerprint density at radius 1 is 1.13 bits per heavy atom. The van der Waals surface area contributed by atoms with E-state index in [2.05, 4.69) is 16.4 Å². The van der Waals surface area contributed by atoms with Crippen LogP contribution in [0.25, 0.3) is 5.65 Å². The van der Waals surface area contributed by atoms with Gasteiger partial charge in [0.25, 0.3) is 5.91 Å². The second kappa shape index (κ2) is 8.50. The van der Waals surface area contributed by atoms with E-state index in [0.717, 1.165) is 22.5 Å². The number of pyridine rings is 1. The van der Waals surface area contributed by atoms with Gasteiger partial charge in [-0.2, -0.15) is 5.26 Å². The molecule has 0 aliphatic rings. The minimum absolute atomic E-state index is 0.203. The minimum atomic E-state index is -0.203. The number of hydrogen-bond donors (Lipinski definition) is 1.